The summed E-state index contributed by atoms with van der Waals surface area (Å²) in [6.07, 6.45) is 2.26. The molecule has 1 N–H and O–H groups in total. The Morgan fingerprint density at radius 3 is 2.75 bits per heavy atom. The maximum atomic E-state index is 13.0. The molecule has 3 rings (SSSR count). The minimum absolute atomic E-state index is 0.329. The Morgan fingerprint density at radius 1 is 1.38 bits per heavy atom. The normalized spacial score (nSPS) is 18.7. The fourth-order valence-electron chi connectivity index (χ4n) is 2.67. The molecule has 1 atom stereocenters. The van der Waals surface area contributed by atoms with Gasteiger partial charge in [-0.2, -0.15) is 4.31 Å². The highest BCUT2D eigenvalue weighted by molar-refractivity contribution is 7.88. The monoisotopic (exact) mass is 369 g/mol. The average Bonchev–Trinajstić information content (AvgIpc) is 3.16. The van der Waals surface area contributed by atoms with Gasteiger partial charge >= 0.3 is 0 Å². The number of halogens is 1. The van der Waals surface area contributed by atoms with Crippen LogP contribution in [0.15, 0.2) is 29.6 Å². The smallest absolute Gasteiger partial charge is 0.244 e. The Morgan fingerprint density at radius 2 is 2.08 bits per heavy atom. The highest BCUT2D eigenvalue weighted by Gasteiger charge is 2.36. The van der Waals surface area contributed by atoms with Gasteiger partial charge in [-0.05, 0) is 37.1 Å². The van der Waals surface area contributed by atoms with Crippen molar-refractivity contribution in [1.82, 2.24) is 9.29 Å². The second-order valence-electron chi connectivity index (χ2n) is 5.57. The van der Waals surface area contributed by atoms with E-state index in [1.807, 2.05) is 0 Å². The number of amides is 1. The minimum Gasteiger partial charge on any atom is -0.301 e. The van der Waals surface area contributed by atoms with E-state index in [-0.39, 0.29) is 11.7 Å². The van der Waals surface area contributed by atoms with Crippen LogP contribution in [0.25, 0.3) is 11.3 Å². The lowest BCUT2D eigenvalue weighted by Crippen LogP contribution is -2.42. The van der Waals surface area contributed by atoms with Crippen molar-refractivity contribution in [3.05, 3.63) is 35.5 Å². The number of benzene rings is 1. The molecule has 2 heterocycles. The molecule has 1 fully saturated rings. The zero-order chi connectivity index (χ0) is 17.3. The summed E-state index contributed by atoms with van der Waals surface area (Å²) in [6, 6.07) is 5.21. The van der Waals surface area contributed by atoms with E-state index < -0.39 is 16.1 Å². The average molecular weight is 369 g/mol. The molecular formula is C15H16FN3O3S2. The standard InChI is InChI=1S/C15H16FN3O3S2/c1-24(21,22)19-8-2-3-13(19)14(20)18-15-17-12(9-23-15)10-4-6-11(16)7-5-10/h4-7,9,13H,2-3,8H2,1H3,(H,17,18,20). The van der Waals surface area contributed by atoms with Gasteiger partial charge in [-0.25, -0.2) is 17.8 Å². The molecule has 0 bridgehead atoms. The molecule has 1 aromatic carbocycles. The van der Waals surface area contributed by atoms with Gasteiger partial charge in [0.05, 0.1) is 11.9 Å². The van der Waals surface area contributed by atoms with Crippen molar-refractivity contribution in [1.29, 1.82) is 0 Å². The van der Waals surface area contributed by atoms with E-state index in [0.717, 1.165) is 11.8 Å². The molecule has 1 amide bonds. The number of hydrogen-bond donors (Lipinski definition) is 1. The van der Waals surface area contributed by atoms with E-state index in [9.17, 15) is 17.6 Å². The van der Waals surface area contributed by atoms with Crippen molar-refractivity contribution >= 4 is 32.4 Å². The van der Waals surface area contributed by atoms with Gasteiger partial charge in [-0.3, -0.25) is 4.79 Å². The zero-order valence-electron chi connectivity index (χ0n) is 12.9. The van der Waals surface area contributed by atoms with Gasteiger partial charge in [0.2, 0.25) is 15.9 Å². The van der Waals surface area contributed by atoms with Gasteiger partial charge < -0.3 is 5.32 Å². The largest absolute Gasteiger partial charge is 0.301 e. The summed E-state index contributed by atoms with van der Waals surface area (Å²) in [5, 5.41) is 4.82. The molecule has 1 aliphatic rings. The predicted octanol–water partition coefficient (Wildman–Crippen LogP) is 2.31. The van der Waals surface area contributed by atoms with Crippen LogP contribution in [0.3, 0.4) is 0 Å². The van der Waals surface area contributed by atoms with E-state index in [0.29, 0.717) is 30.2 Å². The first kappa shape index (κ1) is 17.0. The highest BCUT2D eigenvalue weighted by atomic mass is 32.2. The number of thiazole rings is 1. The van der Waals surface area contributed by atoms with Gasteiger partial charge in [0.15, 0.2) is 5.13 Å². The molecule has 1 aliphatic heterocycles. The summed E-state index contributed by atoms with van der Waals surface area (Å²) in [5.41, 5.74) is 1.37. The fraction of sp³-hybridized carbons (Fsp3) is 0.333. The number of aromatic nitrogens is 1. The Kier molecular flexibility index (Phi) is 4.66. The molecule has 6 nitrogen and oxygen atoms in total. The first-order valence-corrected chi connectivity index (χ1v) is 10.1. The summed E-state index contributed by atoms with van der Waals surface area (Å²) < 4.78 is 37.6. The van der Waals surface area contributed by atoms with Crippen LogP contribution in [0.4, 0.5) is 9.52 Å². The third-order valence-electron chi connectivity index (χ3n) is 3.81. The number of nitrogens with zero attached hydrogens (tertiary/aromatic N) is 2. The van der Waals surface area contributed by atoms with Crippen LogP contribution in [0.1, 0.15) is 12.8 Å². The second-order valence-corrected chi connectivity index (χ2v) is 8.36. The minimum atomic E-state index is -3.41. The van der Waals surface area contributed by atoms with E-state index >= 15 is 0 Å². The van der Waals surface area contributed by atoms with Crippen LogP contribution in [-0.4, -0.2) is 42.5 Å². The summed E-state index contributed by atoms with van der Waals surface area (Å²) in [4.78, 5) is 16.7. The van der Waals surface area contributed by atoms with E-state index in [1.165, 1.54) is 27.8 Å². The van der Waals surface area contributed by atoms with E-state index in [4.69, 9.17) is 0 Å². The van der Waals surface area contributed by atoms with Crippen molar-refractivity contribution in [2.75, 3.05) is 18.1 Å². The maximum absolute atomic E-state index is 13.0. The van der Waals surface area contributed by atoms with Crippen LogP contribution in [0, 0.1) is 5.82 Å². The van der Waals surface area contributed by atoms with Crippen molar-refractivity contribution in [3.8, 4) is 11.3 Å². The summed E-state index contributed by atoms with van der Waals surface area (Å²) in [6.45, 7) is 0.357. The van der Waals surface area contributed by atoms with E-state index in [2.05, 4.69) is 10.3 Å². The third-order valence-corrected chi connectivity index (χ3v) is 5.85. The molecule has 1 aromatic heterocycles. The van der Waals surface area contributed by atoms with Crippen molar-refractivity contribution < 1.29 is 17.6 Å². The number of sulfonamides is 1. The predicted molar refractivity (Wildman–Crippen MR) is 90.7 cm³/mol. The first-order chi connectivity index (χ1) is 11.3. The molecule has 2 aromatic rings. The van der Waals surface area contributed by atoms with Gasteiger partial charge in [0, 0.05) is 17.5 Å². The molecular weight excluding hydrogens is 353 g/mol. The first-order valence-electron chi connectivity index (χ1n) is 7.34. The molecule has 1 saturated heterocycles. The third kappa shape index (κ3) is 3.63. The van der Waals surface area contributed by atoms with Crippen molar-refractivity contribution in [2.45, 2.75) is 18.9 Å². The summed E-state index contributed by atoms with van der Waals surface area (Å²) >= 11 is 1.24. The Bertz CT molecular complexity index is 849. The number of carbonyl (C=O) groups excluding carboxylic acids is 1. The van der Waals surface area contributed by atoms with Gasteiger partial charge in [-0.15, -0.1) is 11.3 Å². The van der Waals surface area contributed by atoms with Gasteiger partial charge in [0.25, 0.3) is 0 Å². The van der Waals surface area contributed by atoms with Crippen LogP contribution >= 0.6 is 11.3 Å². The fourth-order valence-corrected chi connectivity index (χ4v) is 4.52. The van der Waals surface area contributed by atoms with Crippen LogP contribution < -0.4 is 5.32 Å². The summed E-state index contributed by atoms with van der Waals surface area (Å²) in [7, 11) is -3.41. The molecule has 1 unspecified atom stereocenters. The summed E-state index contributed by atoms with van der Waals surface area (Å²) in [5.74, 6) is -0.706. The molecule has 0 saturated carbocycles. The van der Waals surface area contributed by atoms with Crippen molar-refractivity contribution in [2.24, 2.45) is 0 Å². The molecule has 9 heteroatoms. The number of carbonyl (C=O) groups is 1. The van der Waals surface area contributed by atoms with Gasteiger partial charge in [0.1, 0.15) is 11.9 Å². The lowest BCUT2D eigenvalue weighted by atomic mass is 10.2. The SMILES string of the molecule is CS(=O)(=O)N1CCCC1C(=O)Nc1nc(-c2ccc(F)cc2)cs1. The number of anilines is 1. The van der Waals surface area contributed by atoms with Gasteiger partial charge in [-0.1, -0.05) is 0 Å². The number of rotatable bonds is 4. The Hall–Kier alpha value is -1.84. The molecule has 0 radical (unpaired) electrons. The topological polar surface area (TPSA) is 79.4 Å². The molecule has 0 aliphatic carbocycles. The molecule has 24 heavy (non-hydrogen) atoms. The quantitative estimate of drug-likeness (QED) is 0.897. The zero-order valence-corrected chi connectivity index (χ0v) is 14.5. The Labute approximate surface area is 143 Å². The number of nitrogens with one attached hydrogen (secondary N) is 1. The highest BCUT2D eigenvalue weighted by Crippen LogP contribution is 2.27. The number of hydrogen-bond acceptors (Lipinski definition) is 5. The van der Waals surface area contributed by atoms with Crippen LogP contribution in [0.2, 0.25) is 0 Å². The van der Waals surface area contributed by atoms with Crippen molar-refractivity contribution in [3.63, 3.8) is 0 Å². The molecule has 0 spiro atoms. The lowest BCUT2D eigenvalue weighted by molar-refractivity contribution is -0.119. The van der Waals surface area contributed by atoms with E-state index in [1.54, 1.807) is 17.5 Å². The second kappa shape index (κ2) is 6.58. The maximum Gasteiger partial charge on any atom is 0.244 e. The Balaban J connectivity index is 1.72. The lowest BCUT2D eigenvalue weighted by Gasteiger charge is -2.20. The molecule has 128 valence electrons. The van der Waals surface area contributed by atoms with Crippen LogP contribution in [-0.2, 0) is 14.8 Å². The van der Waals surface area contributed by atoms with Crippen LogP contribution in [0.5, 0.6) is 0 Å².